The average Bonchev–Trinajstić information content (AvgIpc) is 3.54. The number of piperazine rings is 1. The van der Waals surface area contributed by atoms with E-state index >= 15 is 0 Å². The molecule has 1 saturated heterocycles. The van der Waals surface area contributed by atoms with E-state index in [2.05, 4.69) is 15.7 Å². The Hall–Kier alpha value is -2.74. The maximum atomic E-state index is 12.7. The van der Waals surface area contributed by atoms with Gasteiger partial charge >= 0.3 is 0 Å². The number of aryl methyl sites for hydroxylation is 1. The molecule has 0 spiro atoms. The summed E-state index contributed by atoms with van der Waals surface area (Å²) in [5, 5.41) is 21.5. The smallest absolute Gasteiger partial charge is 0.236 e. The lowest BCUT2D eigenvalue weighted by molar-refractivity contribution is -0.131. The lowest BCUT2D eigenvalue weighted by Gasteiger charge is -2.28. The minimum Gasteiger partial charge on any atom is -0.389 e. The Morgan fingerprint density at radius 2 is 2.00 bits per heavy atom. The first-order valence-electron chi connectivity index (χ1n) is 14.2. The molecule has 2 aromatic rings. The Labute approximate surface area is 250 Å². The molecular formula is C28H40ClFN6O5S. The highest BCUT2D eigenvalue weighted by atomic mass is 35.5. The predicted molar refractivity (Wildman–Crippen MR) is 160 cm³/mol. The second-order valence-corrected chi connectivity index (χ2v) is 14.2. The van der Waals surface area contributed by atoms with E-state index in [4.69, 9.17) is 17.3 Å². The van der Waals surface area contributed by atoms with Crippen molar-refractivity contribution in [3.63, 3.8) is 0 Å². The SMILES string of the molecule is CNc1ccc(F)c(Cl)c1.Cn1nc(C2CC3CC(O)(CS(=O)(=O)CCCN4CCNCC4=O)CC3C2)c(C=O)c1N. The Morgan fingerprint density at radius 1 is 1.31 bits per heavy atom. The van der Waals surface area contributed by atoms with Crippen LogP contribution in [0, 0.1) is 17.7 Å². The molecule has 11 nitrogen and oxygen atoms in total. The largest absolute Gasteiger partial charge is 0.389 e. The zero-order valence-corrected chi connectivity index (χ0v) is 25.6. The zero-order valence-electron chi connectivity index (χ0n) is 24.0. The van der Waals surface area contributed by atoms with Gasteiger partial charge in [0.15, 0.2) is 16.1 Å². The molecular weight excluding hydrogens is 587 g/mol. The second-order valence-electron chi connectivity index (χ2n) is 11.6. The number of aromatic nitrogens is 2. The zero-order chi connectivity index (χ0) is 30.7. The van der Waals surface area contributed by atoms with Crippen LogP contribution in [0.3, 0.4) is 0 Å². The number of nitrogens with zero attached hydrogens (tertiary/aromatic N) is 3. The molecule has 2 saturated carbocycles. The first kappa shape index (κ1) is 32.2. The number of aldehydes is 1. The molecule has 2 unspecified atom stereocenters. The van der Waals surface area contributed by atoms with E-state index in [0.29, 0.717) is 56.0 Å². The van der Waals surface area contributed by atoms with Crippen molar-refractivity contribution in [1.82, 2.24) is 20.0 Å². The summed E-state index contributed by atoms with van der Waals surface area (Å²) in [5.41, 5.74) is 6.71. The summed E-state index contributed by atoms with van der Waals surface area (Å²) < 4.78 is 39.4. The Balaban J connectivity index is 0.000000343. The van der Waals surface area contributed by atoms with Crippen LogP contribution in [0.2, 0.25) is 5.02 Å². The van der Waals surface area contributed by atoms with Crippen LogP contribution >= 0.6 is 11.6 Å². The molecule has 2 atom stereocenters. The van der Waals surface area contributed by atoms with Crippen LogP contribution in [0.25, 0.3) is 0 Å². The summed E-state index contributed by atoms with van der Waals surface area (Å²) in [7, 11) is 0.0317. The summed E-state index contributed by atoms with van der Waals surface area (Å²) in [6.07, 6.45) is 3.58. The third kappa shape index (κ3) is 7.61. The Bertz CT molecular complexity index is 1390. The van der Waals surface area contributed by atoms with Crippen molar-refractivity contribution >= 4 is 45.1 Å². The molecule has 3 fully saturated rings. The normalized spacial score (nSPS) is 25.6. The standard InChI is InChI=1S/C21H33N5O5S.C7H7ClFN/c1-25-20(22)17(12-27)19(24-25)14-7-15-9-21(29,10-16(15)8-14)13-32(30,31)6-2-4-26-5-3-23-11-18(26)28;1-10-5-2-3-7(9)6(8)4-5/h12,14-16,23,29H,2-11,13,22H2,1H3;2-4,10H,1H3. The number of amides is 1. The highest BCUT2D eigenvalue weighted by Gasteiger charge is 2.51. The number of carbonyl (C=O) groups is 2. The number of halogens is 2. The molecule has 1 aliphatic heterocycles. The van der Waals surface area contributed by atoms with E-state index in [1.54, 1.807) is 25.1 Å². The monoisotopic (exact) mass is 626 g/mol. The first-order chi connectivity index (χ1) is 19.8. The molecule has 5 rings (SSSR count). The second kappa shape index (κ2) is 13.3. The summed E-state index contributed by atoms with van der Waals surface area (Å²) in [6.45, 7) is 2.05. The summed E-state index contributed by atoms with van der Waals surface area (Å²) in [6, 6.07) is 4.49. The minimum atomic E-state index is -3.43. The van der Waals surface area contributed by atoms with Crippen LogP contribution in [0.15, 0.2) is 18.2 Å². The summed E-state index contributed by atoms with van der Waals surface area (Å²) >= 11 is 5.48. The molecule has 0 bridgehead atoms. The quantitative estimate of drug-likeness (QED) is 0.306. The van der Waals surface area contributed by atoms with Crippen LogP contribution in [0.1, 0.15) is 54.1 Å². The molecule has 232 valence electrons. The van der Waals surface area contributed by atoms with Crippen molar-refractivity contribution in [3.05, 3.63) is 40.3 Å². The lowest BCUT2D eigenvalue weighted by atomic mass is 9.93. The Kier molecular flexibility index (Phi) is 10.2. The molecule has 1 aromatic carbocycles. The number of rotatable bonds is 9. The van der Waals surface area contributed by atoms with Crippen LogP contribution in [0.5, 0.6) is 0 Å². The lowest BCUT2D eigenvalue weighted by Crippen LogP contribution is -2.48. The minimum absolute atomic E-state index is 0.00199. The number of benzene rings is 1. The number of hydrogen-bond donors (Lipinski definition) is 4. The van der Waals surface area contributed by atoms with Gasteiger partial charge in [0.1, 0.15) is 11.6 Å². The summed E-state index contributed by atoms with van der Waals surface area (Å²) in [4.78, 5) is 25.0. The molecule has 1 amide bonds. The van der Waals surface area contributed by atoms with Gasteiger partial charge in [0.25, 0.3) is 0 Å². The van der Waals surface area contributed by atoms with Gasteiger partial charge in [-0.15, -0.1) is 0 Å². The maximum absolute atomic E-state index is 12.7. The van der Waals surface area contributed by atoms with E-state index in [9.17, 15) is 27.5 Å². The third-order valence-electron chi connectivity index (χ3n) is 8.56. The van der Waals surface area contributed by atoms with Gasteiger partial charge in [0.05, 0.1) is 39.9 Å². The molecule has 1 aromatic heterocycles. The fraction of sp³-hybridized carbons (Fsp3) is 0.607. The van der Waals surface area contributed by atoms with E-state index < -0.39 is 15.4 Å². The van der Waals surface area contributed by atoms with Gasteiger partial charge in [-0.3, -0.25) is 14.3 Å². The molecule has 5 N–H and O–H groups in total. The van der Waals surface area contributed by atoms with Crippen molar-refractivity contribution in [2.75, 3.05) is 55.8 Å². The van der Waals surface area contributed by atoms with E-state index in [1.165, 1.54) is 16.8 Å². The maximum Gasteiger partial charge on any atom is 0.236 e. The van der Waals surface area contributed by atoms with Gasteiger partial charge in [-0.25, -0.2) is 12.8 Å². The fourth-order valence-electron chi connectivity index (χ4n) is 6.60. The van der Waals surface area contributed by atoms with Crippen LogP contribution in [-0.4, -0.2) is 90.7 Å². The average molecular weight is 627 g/mol. The Morgan fingerprint density at radius 3 is 2.60 bits per heavy atom. The summed E-state index contributed by atoms with van der Waals surface area (Å²) in [5.74, 6) is 0.230. The number of nitrogen functional groups attached to an aromatic ring is 1. The van der Waals surface area contributed by atoms with Crippen molar-refractivity contribution in [1.29, 1.82) is 0 Å². The van der Waals surface area contributed by atoms with Gasteiger partial charge < -0.3 is 26.4 Å². The van der Waals surface area contributed by atoms with Gasteiger partial charge in [-0.1, -0.05) is 11.6 Å². The molecule has 2 heterocycles. The van der Waals surface area contributed by atoms with Crippen molar-refractivity contribution < 1.29 is 27.5 Å². The predicted octanol–water partition coefficient (Wildman–Crippen LogP) is 2.21. The number of fused-ring (bicyclic) bond motifs is 1. The fourth-order valence-corrected chi connectivity index (χ4v) is 8.55. The van der Waals surface area contributed by atoms with Gasteiger partial charge in [-0.2, -0.15) is 5.10 Å². The first-order valence-corrected chi connectivity index (χ1v) is 16.4. The number of nitrogens with two attached hydrogens (primary N) is 1. The van der Waals surface area contributed by atoms with Gasteiger partial charge in [-0.05, 0) is 62.1 Å². The molecule has 14 heteroatoms. The highest BCUT2D eigenvalue weighted by Crippen LogP contribution is 2.54. The van der Waals surface area contributed by atoms with E-state index in [0.717, 1.165) is 31.4 Å². The number of anilines is 2. The number of hydrogen-bond acceptors (Lipinski definition) is 9. The number of sulfone groups is 1. The number of aliphatic hydroxyl groups is 1. The highest BCUT2D eigenvalue weighted by molar-refractivity contribution is 7.91. The van der Waals surface area contributed by atoms with Gasteiger partial charge in [0.2, 0.25) is 5.91 Å². The van der Waals surface area contributed by atoms with Crippen molar-refractivity contribution in [2.45, 2.75) is 43.6 Å². The van der Waals surface area contributed by atoms with E-state index in [1.807, 2.05) is 0 Å². The van der Waals surface area contributed by atoms with Crippen LogP contribution in [0.4, 0.5) is 15.9 Å². The molecule has 2 aliphatic carbocycles. The van der Waals surface area contributed by atoms with Crippen LogP contribution < -0.4 is 16.4 Å². The number of carbonyl (C=O) groups excluding carboxylic acids is 2. The van der Waals surface area contributed by atoms with Gasteiger partial charge in [0, 0.05) is 45.3 Å². The molecule has 3 aliphatic rings. The van der Waals surface area contributed by atoms with E-state index in [-0.39, 0.29) is 46.0 Å². The molecule has 0 radical (unpaired) electrons. The van der Waals surface area contributed by atoms with Crippen LogP contribution in [-0.2, 0) is 21.7 Å². The van der Waals surface area contributed by atoms with Crippen molar-refractivity contribution in [3.8, 4) is 0 Å². The third-order valence-corrected chi connectivity index (χ3v) is 10.7. The van der Waals surface area contributed by atoms with Crippen molar-refractivity contribution in [2.24, 2.45) is 18.9 Å². The topological polar surface area (TPSA) is 160 Å². The molecule has 42 heavy (non-hydrogen) atoms. The number of nitrogens with one attached hydrogen (secondary N) is 2.